The van der Waals surface area contributed by atoms with Crippen LogP contribution in [0.2, 0.25) is 0 Å². The van der Waals surface area contributed by atoms with E-state index >= 15 is 0 Å². The molecule has 0 aromatic heterocycles. The van der Waals surface area contributed by atoms with E-state index < -0.39 is 12.4 Å². The molecule has 4 rings (SSSR count). The summed E-state index contributed by atoms with van der Waals surface area (Å²) in [4.78, 5) is 12.5. The van der Waals surface area contributed by atoms with Gasteiger partial charge < -0.3 is 19.7 Å². The van der Waals surface area contributed by atoms with Gasteiger partial charge in [-0.05, 0) is 62.1 Å². The maximum Gasteiger partial charge on any atom is 0.200 e. The maximum absolute atomic E-state index is 12.5. The van der Waals surface area contributed by atoms with E-state index in [9.17, 15) is 15.0 Å². The number of carbonyl (C=O) groups is 1. The van der Waals surface area contributed by atoms with Gasteiger partial charge in [0.25, 0.3) is 0 Å². The van der Waals surface area contributed by atoms with Crippen LogP contribution >= 0.6 is 0 Å². The molecule has 0 unspecified atom stereocenters. The lowest BCUT2D eigenvalue weighted by atomic mass is 9.89. The Bertz CT molecular complexity index is 942. The molecule has 2 N–H and O–H groups in total. The van der Waals surface area contributed by atoms with Gasteiger partial charge >= 0.3 is 0 Å². The van der Waals surface area contributed by atoms with Gasteiger partial charge in [0, 0.05) is 12.0 Å². The van der Waals surface area contributed by atoms with Crippen LogP contribution in [0.15, 0.2) is 48.0 Å². The summed E-state index contributed by atoms with van der Waals surface area (Å²) in [5.74, 6) is 1.14. The van der Waals surface area contributed by atoms with Gasteiger partial charge in [0.15, 0.2) is 5.78 Å². The number of benzene rings is 2. The number of hydrogen-bond donors (Lipinski definition) is 2. The van der Waals surface area contributed by atoms with E-state index in [1.54, 1.807) is 6.07 Å². The van der Waals surface area contributed by atoms with Gasteiger partial charge in [-0.15, -0.1) is 0 Å². The number of aliphatic hydroxyl groups is 1. The molecule has 2 aromatic carbocycles. The SMILES string of the molecule is CC(C)=CC[C@H]1Cc2cc([C@@H]3CC(=O)c4ccc(O)cc4O3)ccc2O[C@H]1O. The quantitative estimate of drug-likeness (QED) is 0.776. The third kappa shape index (κ3) is 3.62. The fourth-order valence-corrected chi connectivity index (χ4v) is 3.77. The maximum atomic E-state index is 12.5. The van der Waals surface area contributed by atoms with Gasteiger partial charge in [0.2, 0.25) is 6.29 Å². The number of ether oxygens (including phenoxy) is 2. The van der Waals surface area contributed by atoms with Gasteiger partial charge in [0.05, 0.1) is 12.0 Å². The molecule has 2 aromatic rings. The molecule has 0 amide bonds. The third-order valence-corrected chi connectivity index (χ3v) is 5.32. The molecule has 0 aliphatic carbocycles. The van der Waals surface area contributed by atoms with Crippen molar-refractivity contribution in [3.63, 3.8) is 0 Å². The number of ketones is 1. The second-order valence-corrected chi connectivity index (χ2v) is 7.77. The number of fused-ring (bicyclic) bond motifs is 2. The first-order valence-corrected chi connectivity index (χ1v) is 9.54. The van der Waals surface area contributed by atoms with Crippen molar-refractivity contribution < 1.29 is 24.5 Å². The van der Waals surface area contributed by atoms with E-state index in [4.69, 9.17) is 9.47 Å². The fourth-order valence-electron chi connectivity index (χ4n) is 3.77. The smallest absolute Gasteiger partial charge is 0.200 e. The minimum Gasteiger partial charge on any atom is -0.508 e. The summed E-state index contributed by atoms with van der Waals surface area (Å²) >= 11 is 0. The fraction of sp³-hybridized carbons (Fsp3) is 0.348. The molecule has 3 atom stereocenters. The summed E-state index contributed by atoms with van der Waals surface area (Å²) in [7, 11) is 0. The lowest BCUT2D eigenvalue weighted by molar-refractivity contribution is -0.0718. The third-order valence-electron chi connectivity index (χ3n) is 5.32. The van der Waals surface area contributed by atoms with Crippen molar-refractivity contribution in [2.24, 2.45) is 5.92 Å². The number of Topliss-reactive ketones (excluding diaryl/α,β-unsaturated/α-hetero) is 1. The average molecular weight is 380 g/mol. The molecule has 28 heavy (non-hydrogen) atoms. The Hall–Kier alpha value is -2.79. The Labute approximate surface area is 164 Å². The van der Waals surface area contributed by atoms with Crippen LogP contribution in [0.3, 0.4) is 0 Å². The number of carbonyl (C=O) groups excluding carboxylic acids is 1. The van der Waals surface area contributed by atoms with Gasteiger partial charge in [-0.25, -0.2) is 0 Å². The highest BCUT2D eigenvalue weighted by atomic mass is 16.6. The highest BCUT2D eigenvalue weighted by Crippen LogP contribution is 2.39. The van der Waals surface area contributed by atoms with Crippen molar-refractivity contribution in [2.45, 2.75) is 45.5 Å². The van der Waals surface area contributed by atoms with Crippen LogP contribution in [0.4, 0.5) is 0 Å². The average Bonchev–Trinajstić information content (AvgIpc) is 2.65. The summed E-state index contributed by atoms with van der Waals surface area (Å²) in [6, 6.07) is 10.3. The Morgan fingerprint density at radius 2 is 1.93 bits per heavy atom. The summed E-state index contributed by atoms with van der Waals surface area (Å²) < 4.78 is 11.7. The lowest BCUT2D eigenvalue weighted by Gasteiger charge is -2.31. The monoisotopic (exact) mass is 380 g/mol. The topological polar surface area (TPSA) is 76.0 Å². The Kier molecular flexibility index (Phi) is 4.85. The molecule has 0 saturated heterocycles. The van der Waals surface area contributed by atoms with Crippen LogP contribution < -0.4 is 9.47 Å². The van der Waals surface area contributed by atoms with Gasteiger partial charge in [-0.3, -0.25) is 4.79 Å². The molecular weight excluding hydrogens is 356 g/mol. The number of aromatic hydroxyl groups is 1. The van der Waals surface area contributed by atoms with Crippen LogP contribution in [-0.4, -0.2) is 22.3 Å². The number of allylic oxidation sites excluding steroid dienone is 2. The number of phenolic OH excluding ortho intramolecular Hbond substituents is 1. The lowest BCUT2D eigenvalue weighted by Crippen LogP contribution is -2.32. The Balaban J connectivity index is 1.59. The molecule has 2 aliphatic heterocycles. The van der Waals surface area contributed by atoms with Crippen LogP contribution in [0.25, 0.3) is 0 Å². The first kappa shape index (κ1) is 18.6. The Morgan fingerprint density at radius 3 is 2.71 bits per heavy atom. The molecule has 5 heteroatoms. The summed E-state index contributed by atoms with van der Waals surface area (Å²) in [5.41, 5.74) is 3.61. The van der Waals surface area contributed by atoms with Crippen molar-refractivity contribution in [1.82, 2.24) is 0 Å². The van der Waals surface area contributed by atoms with E-state index in [0.717, 1.165) is 17.5 Å². The van der Waals surface area contributed by atoms with Gasteiger partial charge in [-0.2, -0.15) is 0 Å². The van der Waals surface area contributed by atoms with E-state index in [1.165, 1.54) is 17.7 Å². The molecule has 0 saturated carbocycles. The number of rotatable bonds is 3. The molecule has 2 heterocycles. The minimum atomic E-state index is -0.823. The largest absolute Gasteiger partial charge is 0.508 e. The molecule has 2 aliphatic rings. The molecule has 0 spiro atoms. The zero-order valence-electron chi connectivity index (χ0n) is 16.0. The van der Waals surface area contributed by atoms with Crippen molar-refractivity contribution in [3.8, 4) is 17.2 Å². The first-order valence-electron chi connectivity index (χ1n) is 9.54. The normalized spacial score (nSPS) is 23.1. The van der Waals surface area contributed by atoms with Crippen molar-refractivity contribution >= 4 is 5.78 Å². The van der Waals surface area contributed by atoms with Crippen molar-refractivity contribution in [1.29, 1.82) is 0 Å². The highest BCUT2D eigenvalue weighted by molar-refractivity contribution is 6.00. The molecular formula is C23H24O5. The highest BCUT2D eigenvalue weighted by Gasteiger charge is 2.31. The molecule has 0 bridgehead atoms. The second-order valence-electron chi connectivity index (χ2n) is 7.77. The summed E-state index contributed by atoms with van der Waals surface area (Å²) in [6.45, 7) is 4.07. The van der Waals surface area contributed by atoms with Crippen LogP contribution in [-0.2, 0) is 6.42 Å². The van der Waals surface area contributed by atoms with Crippen molar-refractivity contribution in [3.05, 3.63) is 64.7 Å². The molecule has 0 radical (unpaired) electrons. The number of aliphatic hydroxyl groups excluding tert-OH is 1. The van der Waals surface area contributed by atoms with E-state index in [0.29, 0.717) is 23.5 Å². The number of hydrogen-bond acceptors (Lipinski definition) is 5. The van der Waals surface area contributed by atoms with Crippen LogP contribution in [0, 0.1) is 5.92 Å². The number of phenols is 1. The zero-order chi connectivity index (χ0) is 19.8. The molecule has 146 valence electrons. The standard InChI is InChI=1S/C23H24O5/c1-13(2)3-4-15-10-16-9-14(5-8-20(16)28-23(15)26)21-12-19(25)18-7-6-17(24)11-22(18)27-21/h3,5-9,11,15,21,23-24,26H,4,10,12H2,1-2H3/t15-,21-,23+/m0/s1. The summed E-state index contributed by atoms with van der Waals surface area (Å²) in [6.07, 6.45) is 2.58. The zero-order valence-corrected chi connectivity index (χ0v) is 16.0. The van der Waals surface area contributed by atoms with Crippen molar-refractivity contribution in [2.75, 3.05) is 0 Å². The Morgan fingerprint density at radius 1 is 1.11 bits per heavy atom. The van der Waals surface area contributed by atoms with Crippen LogP contribution in [0.1, 0.15) is 54.3 Å². The van der Waals surface area contributed by atoms with E-state index in [2.05, 4.69) is 6.08 Å². The van der Waals surface area contributed by atoms with Crippen LogP contribution in [0.5, 0.6) is 17.2 Å². The second kappa shape index (κ2) is 7.32. The van der Waals surface area contributed by atoms with E-state index in [-0.39, 0.29) is 23.9 Å². The van der Waals surface area contributed by atoms with E-state index in [1.807, 2.05) is 32.0 Å². The summed E-state index contributed by atoms with van der Waals surface area (Å²) in [5, 5.41) is 20.0. The van der Waals surface area contributed by atoms with Gasteiger partial charge in [0.1, 0.15) is 23.4 Å². The first-order chi connectivity index (χ1) is 13.4. The predicted molar refractivity (Wildman–Crippen MR) is 105 cm³/mol. The minimum absolute atomic E-state index is 0.00271. The predicted octanol–water partition coefficient (Wildman–Crippen LogP) is 4.32. The molecule has 0 fully saturated rings. The molecule has 5 nitrogen and oxygen atoms in total. The van der Waals surface area contributed by atoms with Gasteiger partial charge in [-0.1, -0.05) is 17.7 Å².